The first-order valence-electron chi connectivity index (χ1n) is 9.42. The van der Waals surface area contributed by atoms with Gasteiger partial charge in [0.05, 0.1) is 4.92 Å². The van der Waals surface area contributed by atoms with Crippen molar-refractivity contribution < 1.29 is 4.92 Å². The fraction of sp³-hybridized carbons (Fsp3) is 0.684. The molecule has 1 atom stereocenters. The zero-order valence-electron chi connectivity index (χ0n) is 14.5. The van der Waals surface area contributed by atoms with Crippen molar-refractivity contribution in [1.82, 2.24) is 4.90 Å². The Balaban J connectivity index is 1.55. The van der Waals surface area contributed by atoms with E-state index in [1.165, 1.54) is 44.1 Å². The van der Waals surface area contributed by atoms with Crippen LogP contribution in [0.5, 0.6) is 0 Å². The van der Waals surface area contributed by atoms with Gasteiger partial charge in [-0.2, -0.15) is 0 Å². The standard InChI is InChI=1S/C19H27N3O2/c1-14-11-15-7-8-17-13-20(16-5-3-2-4-6-16)9-10-21(17)19(15)12-18(14)22(23)24/h11-12,16-17H,2-10,13H2,1H3. The third-order valence-electron chi connectivity index (χ3n) is 6.26. The summed E-state index contributed by atoms with van der Waals surface area (Å²) in [5, 5.41) is 11.3. The summed E-state index contributed by atoms with van der Waals surface area (Å²) in [6.45, 7) is 5.09. The molecule has 2 aliphatic heterocycles. The number of nitro benzene ring substituents is 1. The lowest BCUT2D eigenvalue weighted by Crippen LogP contribution is -2.57. The molecule has 2 fully saturated rings. The molecule has 1 aliphatic carbocycles. The number of piperazine rings is 1. The molecule has 5 heteroatoms. The minimum absolute atomic E-state index is 0.239. The number of nitrogens with zero attached hydrogens (tertiary/aromatic N) is 3. The maximum Gasteiger partial charge on any atom is 0.274 e. The van der Waals surface area contributed by atoms with E-state index in [0.29, 0.717) is 6.04 Å². The van der Waals surface area contributed by atoms with Crippen LogP contribution in [-0.2, 0) is 6.42 Å². The lowest BCUT2D eigenvalue weighted by atomic mass is 9.89. The SMILES string of the molecule is Cc1cc2c(cc1[N+](=O)[O-])N1CCN(C3CCCCC3)CC1CC2. The summed E-state index contributed by atoms with van der Waals surface area (Å²) in [5.41, 5.74) is 3.47. The third-order valence-corrected chi connectivity index (χ3v) is 6.26. The van der Waals surface area contributed by atoms with Gasteiger partial charge in [0.25, 0.3) is 5.69 Å². The van der Waals surface area contributed by atoms with E-state index in [2.05, 4.69) is 9.80 Å². The van der Waals surface area contributed by atoms with E-state index in [9.17, 15) is 10.1 Å². The molecular weight excluding hydrogens is 302 g/mol. The van der Waals surface area contributed by atoms with Gasteiger partial charge in [-0.25, -0.2) is 0 Å². The van der Waals surface area contributed by atoms with Gasteiger partial charge in [-0.3, -0.25) is 15.0 Å². The predicted octanol–water partition coefficient (Wildman–Crippen LogP) is 3.67. The number of hydrogen-bond donors (Lipinski definition) is 0. The number of hydrogen-bond acceptors (Lipinski definition) is 4. The van der Waals surface area contributed by atoms with Crippen LogP contribution in [0.3, 0.4) is 0 Å². The Kier molecular flexibility index (Phi) is 4.21. The van der Waals surface area contributed by atoms with Crippen LogP contribution < -0.4 is 4.90 Å². The minimum Gasteiger partial charge on any atom is -0.366 e. The van der Waals surface area contributed by atoms with E-state index < -0.39 is 0 Å². The largest absolute Gasteiger partial charge is 0.366 e. The molecule has 24 heavy (non-hydrogen) atoms. The third kappa shape index (κ3) is 2.79. The van der Waals surface area contributed by atoms with Crippen molar-refractivity contribution in [2.45, 2.75) is 64.0 Å². The summed E-state index contributed by atoms with van der Waals surface area (Å²) < 4.78 is 0. The number of anilines is 1. The Morgan fingerprint density at radius 1 is 1.08 bits per heavy atom. The first-order chi connectivity index (χ1) is 11.6. The Hall–Kier alpha value is -1.62. The molecular formula is C19H27N3O2. The maximum absolute atomic E-state index is 11.3. The van der Waals surface area contributed by atoms with Crippen LogP contribution in [0.1, 0.15) is 49.7 Å². The van der Waals surface area contributed by atoms with E-state index in [1.807, 2.05) is 19.1 Å². The normalized spacial score (nSPS) is 25.2. The summed E-state index contributed by atoms with van der Waals surface area (Å²) in [5.74, 6) is 0. The lowest BCUT2D eigenvalue weighted by molar-refractivity contribution is -0.385. The predicted molar refractivity (Wildman–Crippen MR) is 95.7 cm³/mol. The van der Waals surface area contributed by atoms with Gasteiger partial charge in [0.15, 0.2) is 0 Å². The quantitative estimate of drug-likeness (QED) is 0.613. The molecule has 0 bridgehead atoms. The van der Waals surface area contributed by atoms with Crippen LogP contribution in [0, 0.1) is 17.0 Å². The van der Waals surface area contributed by atoms with Crippen molar-refractivity contribution >= 4 is 11.4 Å². The average Bonchev–Trinajstić information content (AvgIpc) is 2.61. The first-order valence-corrected chi connectivity index (χ1v) is 9.42. The average molecular weight is 329 g/mol. The summed E-state index contributed by atoms with van der Waals surface area (Å²) in [7, 11) is 0. The fourth-order valence-electron chi connectivity index (χ4n) is 4.95. The van der Waals surface area contributed by atoms with Gasteiger partial charge in [0, 0.05) is 49.0 Å². The molecule has 0 N–H and O–H groups in total. The second-order valence-corrected chi connectivity index (χ2v) is 7.70. The molecule has 0 amide bonds. The van der Waals surface area contributed by atoms with E-state index in [1.54, 1.807) is 0 Å². The molecule has 0 aromatic heterocycles. The number of rotatable bonds is 2. The van der Waals surface area contributed by atoms with Crippen molar-refractivity contribution in [3.05, 3.63) is 33.4 Å². The monoisotopic (exact) mass is 329 g/mol. The maximum atomic E-state index is 11.3. The molecule has 2 heterocycles. The van der Waals surface area contributed by atoms with Crippen molar-refractivity contribution in [3.8, 4) is 0 Å². The highest BCUT2D eigenvalue weighted by atomic mass is 16.6. The van der Waals surface area contributed by atoms with Crippen LogP contribution in [0.25, 0.3) is 0 Å². The molecule has 4 rings (SSSR count). The van der Waals surface area contributed by atoms with Gasteiger partial charge in [-0.05, 0) is 44.2 Å². The van der Waals surface area contributed by atoms with Gasteiger partial charge < -0.3 is 4.90 Å². The smallest absolute Gasteiger partial charge is 0.274 e. The highest BCUT2D eigenvalue weighted by molar-refractivity contribution is 5.64. The van der Waals surface area contributed by atoms with Crippen molar-refractivity contribution in [2.75, 3.05) is 24.5 Å². The summed E-state index contributed by atoms with van der Waals surface area (Å²) in [4.78, 5) is 16.2. The number of aryl methyl sites for hydroxylation is 2. The van der Waals surface area contributed by atoms with Crippen LogP contribution in [-0.4, -0.2) is 41.5 Å². The second-order valence-electron chi connectivity index (χ2n) is 7.70. The molecule has 3 aliphatic rings. The van der Waals surface area contributed by atoms with Crippen molar-refractivity contribution in [1.29, 1.82) is 0 Å². The Labute approximate surface area is 143 Å². The topological polar surface area (TPSA) is 49.6 Å². The van der Waals surface area contributed by atoms with Gasteiger partial charge in [0.1, 0.15) is 0 Å². The molecule has 1 unspecified atom stereocenters. The number of nitro groups is 1. The van der Waals surface area contributed by atoms with Crippen LogP contribution in [0.4, 0.5) is 11.4 Å². The molecule has 1 saturated heterocycles. The van der Waals surface area contributed by atoms with Crippen molar-refractivity contribution in [2.24, 2.45) is 0 Å². The lowest BCUT2D eigenvalue weighted by Gasteiger charge is -2.48. The molecule has 1 aromatic rings. The summed E-state index contributed by atoms with van der Waals surface area (Å²) in [6.07, 6.45) is 9.09. The minimum atomic E-state index is -0.239. The van der Waals surface area contributed by atoms with Gasteiger partial charge in [0.2, 0.25) is 0 Å². The Morgan fingerprint density at radius 3 is 2.62 bits per heavy atom. The highest BCUT2D eigenvalue weighted by Gasteiger charge is 2.35. The highest BCUT2D eigenvalue weighted by Crippen LogP contribution is 2.38. The molecule has 5 nitrogen and oxygen atoms in total. The fourth-order valence-corrected chi connectivity index (χ4v) is 4.95. The zero-order valence-corrected chi connectivity index (χ0v) is 14.5. The zero-order chi connectivity index (χ0) is 16.7. The number of benzene rings is 1. The van der Waals surface area contributed by atoms with Crippen LogP contribution >= 0.6 is 0 Å². The van der Waals surface area contributed by atoms with E-state index in [-0.39, 0.29) is 10.6 Å². The number of fused-ring (bicyclic) bond motifs is 3. The molecule has 1 saturated carbocycles. The van der Waals surface area contributed by atoms with Crippen molar-refractivity contribution in [3.63, 3.8) is 0 Å². The van der Waals surface area contributed by atoms with E-state index in [4.69, 9.17) is 0 Å². The van der Waals surface area contributed by atoms with Crippen LogP contribution in [0.15, 0.2) is 12.1 Å². The second kappa shape index (κ2) is 6.36. The van der Waals surface area contributed by atoms with Gasteiger partial charge in [-0.1, -0.05) is 19.3 Å². The molecule has 1 aromatic carbocycles. The molecule has 0 spiro atoms. The Bertz CT molecular complexity index is 640. The van der Waals surface area contributed by atoms with E-state index >= 15 is 0 Å². The van der Waals surface area contributed by atoms with Gasteiger partial charge >= 0.3 is 0 Å². The van der Waals surface area contributed by atoms with Gasteiger partial charge in [-0.15, -0.1) is 0 Å². The molecule has 0 radical (unpaired) electrons. The van der Waals surface area contributed by atoms with E-state index in [0.717, 1.165) is 43.3 Å². The Morgan fingerprint density at radius 2 is 1.88 bits per heavy atom. The summed E-state index contributed by atoms with van der Waals surface area (Å²) >= 11 is 0. The molecule has 130 valence electrons. The first kappa shape index (κ1) is 15.9. The summed E-state index contributed by atoms with van der Waals surface area (Å²) in [6, 6.07) is 5.16. The van der Waals surface area contributed by atoms with Crippen LogP contribution in [0.2, 0.25) is 0 Å².